The summed E-state index contributed by atoms with van der Waals surface area (Å²) in [7, 11) is 1.30. The van der Waals surface area contributed by atoms with E-state index in [-0.39, 0.29) is 18.6 Å². The predicted molar refractivity (Wildman–Crippen MR) is 70.1 cm³/mol. The number of urea groups is 1. The molecule has 1 aliphatic rings. The van der Waals surface area contributed by atoms with Gasteiger partial charge in [-0.05, 0) is 25.9 Å². The van der Waals surface area contributed by atoms with Gasteiger partial charge in [-0.15, -0.1) is 0 Å². The van der Waals surface area contributed by atoms with Crippen LogP contribution in [0.1, 0.15) is 19.8 Å². The van der Waals surface area contributed by atoms with E-state index in [0.29, 0.717) is 0 Å². The SMILES string of the molecule is CCN1CCCC(NC(=O)NCC(OC)C(=O)O)C1. The third kappa shape index (κ3) is 5.44. The molecule has 1 fully saturated rings. The third-order valence-electron chi connectivity index (χ3n) is 3.30. The fourth-order valence-electron chi connectivity index (χ4n) is 2.15. The Hall–Kier alpha value is -1.34. The van der Waals surface area contributed by atoms with Gasteiger partial charge in [0.1, 0.15) is 0 Å². The second kappa shape index (κ2) is 7.96. The molecule has 0 bridgehead atoms. The first-order chi connectivity index (χ1) is 9.06. The summed E-state index contributed by atoms with van der Waals surface area (Å²) in [6.45, 7) is 4.95. The van der Waals surface area contributed by atoms with Crippen molar-refractivity contribution in [2.75, 3.05) is 33.3 Å². The van der Waals surface area contributed by atoms with Crippen molar-refractivity contribution in [3.05, 3.63) is 0 Å². The zero-order valence-corrected chi connectivity index (χ0v) is 11.5. The van der Waals surface area contributed by atoms with E-state index in [0.717, 1.165) is 32.5 Å². The number of piperidine rings is 1. The van der Waals surface area contributed by atoms with Crippen LogP contribution >= 0.6 is 0 Å². The monoisotopic (exact) mass is 273 g/mol. The first-order valence-corrected chi connectivity index (χ1v) is 6.59. The molecule has 2 unspecified atom stereocenters. The van der Waals surface area contributed by atoms with E-state index in [1.165, 1.54) is 7.11 Å². The van der Waals surface area contributed by atoms with Gasteiger partial charge in [0.25, 0.3) is 0 Å². The normalized spacial score (nSPS) is 21.7. The Morgan fingerprint density at radius 2 is 2.26 bits per heavy atom. The van der Waals surface area contributed by atoms with Crippen LogP contribution in [0.3, 0.4) is 0 Å². The van der Waals surface area contributed by atoms with E-state index in [9.17, 15) is 9.59 Å². The number of hydrogen-bond donors (Lipinski definition) is 3. The fourth-order valence-corrected chi connectivity index (χ4v) is 2.15. The number of carbonyl (C=O) groups excluding carboxylic acids is 1. The van der Waals surface area contributed by atoms with E-state index in [1.54, 1.807) is 0 Å². The summed E-state index contributed by atoms with van der Waals surface area (Å²) in [5.74, 6) is -1.09. The highest BCUT2D eigenvalue weighted by Crippen LogP contribution is 2.09. The van der Waals surface area contributed by atoms with E-state index >= 15 is 0 Å². The molecule has 3 N–H and O–H groups in total. The number of methoxy groups -OCH3 is 1. The standard InChI is InChI=1S/C12H23N3O4/c1-3-15-6-4-5-9(8-15)14-12(18)13-7-10(19-2)11(16)17/h9-10H,3-8H2,1-2H3,(H,16,17)(H2,13,14,18). The Morgan fingerprint density at radius 1 is 1.53 bits per heavy atom. The van der Waals surface area contributed by atoms with Crippen molar-refractivity contribution in [3.63, 3.8) is 0 Å². The molecule has 0 saturated carbocycles. The number of carbonyl (C=O) groups is 2. The first kappa shape index (κ1) is 15.7. The minimum absolute atomic E-state index is 0.0398. The molecule has 0 aromatic rings. The maximum absolute atomic E-state index is 11.7. The van der Waals surface area contributed by atoms with Crippen LogP contribution in [-0.4, -0.2) is 67.4 Å². The lowest BCUT2D eigenvalue weighted by molar-refractivity contribution is -0.147. The van der Waals surface area contributed by atoms with Crippen LogP contribution in [0.2, 0.25) is 0 Å². The van der Waals surface area contributed by atoms with E-state index in [1.807, 2.05) is 0 Å². The second-order valence-corrected chi connectivity index (χ2v) is 4.65. The highest BCUT2D eigenvalue weighted by Gasteiger charge is 2.21. The summed E-state index contributed by atoms with van der Waals surface area (Å²) >= 11 is 0. The number of carboxylic acid groups (broad SMARTS) is 1. The van der Waals surface area contributed by atoms with Crippen molar-refractivity contribution >= 4 is 12.0 Å². The lowest BCUT2D eigenvalue weighted by atomic mass is 10.1. The average molecular weight is 273 g/mol. The molecule has 0 radical (unpaired) electrons. The van der Waals surface area contributed by atoms with Crippen molar-refractivity contribution in [3.8, 4) is 0 Å². The lowest BCUT2D eigenvalue weighted by Gasteiger charge is -2.32. The van der Waals surface area contributed by atoms with Gasteiger partial charge in [0.05, 0.1) is 6.54 Å². The molecule has 19 heavy (non-hydrogen) atoms. The summed E-state index contributed by atoms with van der Waals surface area (Å²) < 4.78 is 4.74. The average Bonchev–Trinajstić information content (AvgIpc) is 2.39. The summed E-state index contributed by atoms with van der Waals surface area (Å²) in [5.41, 5.74) is 0. The zero-order chi connectivity index (χ0) is 14.3. The Kier molecular flexibility index (Phi) is 6.58. The maximum atomic E-state index is 11.7. The summed E-state index contributed by atoms with van der Waals surface area (Å²) in [5, 5.41) is 14.2. The molecule has 7 nitrogen and oxygen atoms in total. The Morgan fingerprint density at radius 3 is 2.84 bits per heavy atom. The van der Waals surface area contributed by atoms with Gasteiger partial charge in [-0.2, -0.15) is 0 Å². The number of ether oxygens (including phenoxy) is 1. The van der Waals surface area contributed by atoms with Crippen LogP contribution in [0.5, 0.6) is 0 Å². The van der Waals surface area contributed by atoms with Crippen LogP contribution in [-0.2, 0) is 9.53 Å². The summed E-state index contributed by atoms with van der Waals surface area (Å²) in [4.78, 5) is 24.7. The smallest absolute Gasteiger partial charge is 0.334 e. The molecule has 1 saturated heterocycles. The summed E-state index contributed by atoms with van der Waals surface area (Å²) in [6, 6.07) is -0.217. The fraction of sp³-hybridized carbons (Fsp3) is 0.833. The molecule has 1 heterocycles. The topological polar surface area (TPSA) is 90.9 Å². The van der Waals surface area contributed by atoms with Crippen LogP contribution < -0.4 is 10.6 Å². The van der Waals surface area contributed by atoms with Crippen molar-refractivity contribution in [2.45, 2.75) is 31.9 Å². The third-order valence-corrected chi connectivity index (χ3v) is 3.30. The van der Waals surface area contributed by atoms with Gasteiger partial charge in [0, 0.05) is 19.7 Å². The molecule has 2 amide bonds. The van der Waals surface area contributed by atoms with Gasteiger partial charge in [0.15, 0.2) is 6.10 Å². The molecule has 0 spiro atoms. The number of hydrogen-bond acceptors (Lipinski definition) is 4. The number of carboxylic acids is 1. The predicted octanol–water partition coefficient (Wildman–Crippen LogP) is -0.130. The van der Waals surface area contributed by atoms with Gasteiger partial charge in [-0.3, -0.25) is 0 Å². The van der Waals surface area contributed by atoms with Gasteiger partial charge in [0.2, 0.25) is 0 Å². The van der Waals surface area contributed by atoms with Crippen molar-refractivity contribution < 1.29 is 19.4 Å². The van der Waals surface area contributed by atoms with Crippen molar-refractivity contribution in [2.24, 2.45) is 0 Å². The molecule has 0 aliphatic carbocycles. The van der Waals surface area contributed by atoms with E-state index in [4.69, 9.17) is 9.84 Å². The number of rotatable bonds is 6. The lowest BCUT2D eigenvalue weighted by Crippen LogP contribution is -2.51. The van der Waals surface area contributed by atoms with Crippen LogP contribution in [0.25, 0.3) is 0 Å². The molecule has 0 aromatic heterocycles. The molecule has 1 rings (SSSR count). The Bertz CT molecular complexity index is 311. The van der Waals surface area contributed by atoms with Crippen LogP contribution in [0, 0.1) is 0 Å². The zero-order valence-electron chi connectivity index (χ0n) is 11.5. The molecule has 2 atom stereocenters. The number of amides is 2. The minimum atomic E-state index is -1.09. The molecular weight excluding hydrogens is 250 g/mol. The van der Waals surface area contributed by atoms with Gasteiger partial charge in [-0.1, -0.05) is 6.92 Å². The molecule has 110 valence electrons. The second-order valence-electron chi connectivity index (χ2n) is 4.65. The van der Waals surface area contributed by atoms with E-state index < -0.39 is 12.1 Å². The highest BCUT2D eigenvalue weighted by atomic mass is 16.5. The van der Waals surface area contributed by atoms with Gasteiger partial charge in [-0.25, -0.2) is 9.59 Å². The minimum Gasteiger partial charge on any atom is -0.479 e. The number of nitrogens with zero attached hydrogens (tertiary/aromatic N) is 1. The highest BCUT2D eigenvalue weighted by molar-refractivity contribution is 5.77. The molecule has 1 aliphatic heterocycles. The number of nitrogens with one attached hydrogen (secondary N) is 2. The maximum Gasteiger partial charge on any atom is 0.334 e. The van der Waals surface area contributed by atoms with E-state index in [2.05, 4.69) is 22.5 Å². The first-order valence-electron chi connectivity index (χ1n) is 6.59. The van der Waals surface area contributed by atoms with Gasteiger partial charge < -0.3 is 25.4 Å². The van der Waals surface area contributed by atoms with Crippen LogP contribution in [0.15, 0.2) is 0 Å². The quantitative estimate of drug-likeness (QED) is 0.627. The van der Waals surface area contributed by atoms with Crippen molar-refractivity contribution in [1.82, 2.24) is 15.5 Å². The molecule has 0 aromatic carbocycles. The summed E-state index contributed by atoms with van der Waals surface area (Å²) in [6.07, 6.45) is 1.01. The van der Waals surface area contributed by atoms with Crippen LogP contribution in [0.4, 0.5) is 4.79 Å². The number of likely N-dealkylation sites (N-methyl/N-ethyl adjacent to an activating group) is 1. The van der Waals surface area contributed by atoms with Crippen molar-refractivity contribution in [1.29, 1.82) is 0 Å². The Balaban J connectivity index is 2.28. The van der Waals surface area contributed by atoms with Gasteiger partial charge >= 0.3 is 12.0 Å². The number of likely N-dealkylation sites (tertiary alicyclic amines) is 1. The molecule has 7 heteroatoms. The largest absolute Gasteiger partial charge is 0.479 e. The molecular formula is C12H23N3O4. The number of aliphatic carboxylic acids is 1. The Labute approximate surface area is 113 Å².